The average Bonchev–Trinajstić information content (AvgIpc) is 2.50. The summed E-state index contributed by atoms with van der Waals surface area (Å²) in [5.74, 6) is 0. The largest absolute Gasteiger partial charge is 0.387 e. The molecule has 0 aliphatic heterocycles. The van der Waals surface area contributed by atoms with Crippen LogP contribution in [0.5, 0.6) is 0 Å². The van der Waals surface area contributed by atoms with Gasteiger partial charge in [0.1, 0.15) is 4.90 Å². The number of rotatable bonds is 10. The first-order valence-electron chi connectivity index (χ1n) is 6.67. The van der Waals surface area contributed by atoms with Crippen LogP contribution in [0, 0.1) is 0 Å². The number of methoxy groups -OCH3 is 2. The maximum Gasteiger partial charge on any atom is 0.246 e. The maximum absolute atomic E-state index is 12.8. The van der Waals surface area contributed by atoms with Gasteiger partial charge in [-0.3, -0.25) is 4.98 Å². The van der Waals surface area contributed by atoms with Crippen molar-refractivity contribution in [2.75, 3.05) is 52.9 Å². The molecule has 0 aromatic carbocycles. The van der Waals surface area contributed by atoms with Crippen LogP contribution in [0.15, 0.2) is 23.4 Å². The van der Waals surface area contributed by atoms with Crippen molar-refractivity contribution in [2.45, 2.75) is 11.3 Å². The number of sulfonamides is 1. The average molecular weight is 317 g/mol. The summed E-state index contributed by atoms with van der Waals surface area (Å²) in [6.07, 6.45) is 3.53. The zero-order chi connectivity index (χ0) is 15.7. The van der Waals surface area contributed by atoms with Crippen molar-refractivity contribution in [2.24, 2.45) is 0 Å². The number of pyridine rings is 1. The second kappa shape index (κ2) is 8.93. The molecule has 0 unspecified atom stereocenters. The van der Waals surface area contributed by atoms with E-state index in [9.17, 15) is 8.42 Å². The van der Waals surface area contributed by atoms with Crippen LogP contribution < -0.4 is 5.32 Å². The van der Waals surface area contributed by atoms with Crippen LogP contribution >= 0.6 is 0 Å². The Bertz CT molecular complexity index is 522. The fraction of sp³-hybridized carbons (Fsp3) is 0.615. The number of hydrogen-bond donors (Lipinski definition) is 1. The fourth-order valence-electron chi connectivity index (χ4n) is 1.86. The summed E-state index contributed by atoms with van der Waals surface area (Å²) in [5.41, 5.74) is 0.527. The Hall–Kier alpha value is -1.22. The summed E-state index contributed by atoms with van der Waals surface area (Å²) in [5, 5.41) is 2.88. The molecule has 8 heteroatoms. The maximum atomic E-state index is 12.8. The molecule has 1 heterocycles. The lowest BCUT2D eigenvalue weighted by Crippen LogP contribution is -2.35. The molecular formula is C13H23N3O4S. The van der Waals surface area contributed by atoms with Gasteiger partial charge in [-0.2, -0.15) is 4.31 Å². The molecule has 21 heavy (non-hydrogen) atoms. The molecular weight excluding hydrogens is 294 g/mol. The summed E-state index contributed by atoms with van der Waals surface area (Å²) in [6, 6.07) is 1.64. The van der Waals surface area contributed by atoms with Crippen molar-refractivity contribution in [3.8, 4) is 0 Å². The Balaban J connectivity index is 3.01. The van der Waals surface area contributed by atoms with Gasteiger partial charge in [0.15, 0.2) is 0 Å². The highest BCUT2D eigenvalue weighted by atomic mass is 32.2. The molecule has 0 aliphatic rings. The van der Waals surface area contributed by atoms with E-state index in [1.54, 1.807) is 33.5 Å². The highest BCUT2D eigenvalue weighted by molar-refractivity contribution is 7.89. The van der Waals surface area contributed by atoms with Crippen molar-refractivity contribution in [3.05, 3.63) is 18.5 Å². The highest BCUT2D eigenvalue weighted by Gasteiger charge is 2.26. The van der Waals surface area contributed by atoms with Crippen LogP contribution in [0.2, 0.25) is 0 Å². The van der Waals surface area contributed by atoms with Gasteiger partial charge in [0.05, 0.1) is 12.3 Å². The van der Waals surface area contributed by atoms with Crippen molar-refractivity contribution >= 4 is 15.7 Å². The Morgan fingerprint density at radius 2 is 1.95 bits per heavy atom. The molecule has 0 saturated heterocycles. The first-order valence-corrected chi connectivity index (χ1v) is 8.11. The first kappa shape index (κ1) is 17.8. The van der Waals surface area contributed by atoms with Gasteiger partial charge >= 0.3 is 0 Å². The molecule has 1 rings (SSSR count). The summed E-state index contributed by atoms with van der Waals surface area (Å²) in [7, 11) is 1.19. The molecule has 0 saturated carbocycles. The summed E-state index contributed by atoms with van der Waals surface area (Å²) in [4.78, 5) is 4.08. The molecule has 120 valence electrons. The van der Waals surface area contributed by atoms with Gasteiger partial charge in [-0.05, 0) is 12.5 Å². The first-order chi connectivity index (χ1) is 10.1. The monoisotopic (exact) mass is 317 g/mol. The van der Waals surface area contributed by atoms with E-state index in [2.05, 4.69) is 10.3 Å². The summed E-state index contributed by atoms with van der Waals surface area (Å²) >= 11 is 0. The van der Waals surface area contributed by atoms with Gasteiger partial charge in [0, 0.05) is 53.4 Å². The molecule has 7 nitrogen and oxygen atoms in total. The molecule has 0 spiro atoms. The van der Waals surface area contributed by atoms with Gasteiger partial charge < -0.3 is 14.8 Å². The van der Waals surface area contributed by atoms with Crippen molar-refractivity contribution in [3.63, 3.8) is 0 Å². The van der Waals surface area contributed by atoms with E-state index in [-0.39, 0.29) is 4.90 Å². The number of hydrogen-bond acceptors (Lipinski definition) is 6. The van der Waals surface area contributed by atoms with Gasteiger partial charge in [0.2, 0.25) is 10.0 Å². The predicted octanol–water partition coefficient (Wildman–Crippen LogP) is 0.797. The van der Waals surface area contributed by atoms with E-state index in [4.69, 9.17) is 9.47 Å². The lowest BCUT2D eigenvalue weighted by Gasteiger charge is -2.22. The van der Waals surface area contributed by atoms with Crippen LogP contribution in [-0.2, 0) is 19.5 Å². The minimum Gasteiger partial charge on any atom is -0.387 e. The van der Waals surface area contributed by atoms with Gasteiger partial charge in [-0.25, -0.2) is 8.42 Å². The van der Waals surface area contributed by atoms with E-state index in [1.807, 2.05) is 0 Å². The second-order valence-corrected chi connectivity index (χ2v) is 6.27. The third kappa shape index (κ3) is 4.92. The van der Waals surface area contributed by atoms with Crippen LogP contribution in [0.1, 0.15) is 6.42 Å². The van der Waals surface area contributed by atoms with Crippen LogP contribution in [0.3, 0.4) is 0 Å². The number of anilines is 1. The Labute approximate surface area is 126 Å². The van der Waals surface area contributed by atoms with E-state index < -0.39 is 10.0 Å². The number of nitrogens with one attached hydrogen (secondary N) is 1. The molecule has 0 bridgehead atoms. The van der Waals surface area contributed by atoms with Crippen LogP contribution in [0.25, 0.3) is 0 Å². The van der Waals surface area contributed by atoms with E-state index >= 15 is 0 Å². The number of nitrogens with zero attached hydrogens (tertiary/aromatic N) is 2. The summed E-state index contributed by atoms with van der Waals surface area (Å²) < 4.78 is 36.9. The smallest absolute Gasteiger partial charge is 0.246 e. The standard InChI is InChI=1S/C13H23N3O4S/c1-14-12-5-6-15-11-13(12)21(17,18)16(8-10-20-3)7-4-9-19-2/h5-6,11H,4,7-10H2,1-3H3,(H,14,15). The van der Waals surface area contributed by atoms with Crippen molar-refractivity contribution in [1.82, 2.24) is 9.29 Å². The van der Waals surface area contributed by atoms with Crippen LogP contribution in [0.4, 0.5) is 5.69 Å². The van der Waals surface area contributed by atoms with E-state index in [0.717, 1.165) is 0 Å². The lowest BCUT2D eigenvalue weighted by molar-refractivity contribution is 0.164. The molecule has 0 radical (unpaired) electrons. The van der Waals surface area contributed by atoms with Crippen LogP contribution in [-0.4, -0.2) is 65.3 Å². The fourth-order valence-corrected chi connectivity index (χ4v) is 3.47. The normalized spacial score (nSPS) is 11.8. The van der Waals surface area contributed by atoms with Gasteiger partial charge in [0.25, 0.3) is 0 Å². The third-order valence-electron chi connectivity index (χ3n) is 2.97. The Morgan fingerprint density at radius 3 is 2.57 bits per heavy atom. The molecule has 0 atom stereocenters. The molecule has 0 fully saturated rings. The number of aromatic nitrogens is 1. The van der Waals surface area contributed by atoms with E-state index in [1.165, 1.54) is 10.5 Å². The van der Waals surface area contributed by atoms with Crippen molar-refractivity contribution in [1.29, 1.82) is 0 Å². The molecule has 0 aliphatic carbocycles. The minimum atomic E-state index is -3.62. The van der Waals surface area contributed by atoms with Gasteiger partial charge in [-0.1, -0.05) is 0 Å². The molecule has 1 aromatic heterocycles. The highest BCUT2D eigenvalue weighted by Crippen LogP contribution is 2.23. The van der Waals surface area contributed by atoms with Gasteiger partial charge in [-0.15, -0.1) is 0 Å². The quantitative estimate of drug-likeness (QED) is 0.643. The SMILES string of the molecule is CNc1ccncc1S(=O)(=O)N(CCCOC)CCOC. The minimum absolute atomic E-state index is 0.168. The zero-order valence-electron chi connectivity index (χ0n) is 12.7. The van der Waals surface area contributed by atoms with E-state index in [0.29, 0.717) is 38.4 Å². The molecule has 0 amide bonds. The topological polar surface area (TPSA) is 80.8 Å². The molecule has 1 aromatic rings. The molecule has 1 N–H and O–H groups in total. The summed E-state index contributed by atoms with van der Waals surface area (Å²) in [6.45, 7) is 1.50. The number of ether oxygens (including phenoxy) is 2. The third-order valence-corrected chi connectivity index (χ3v) is 4.90. The zero-order valence-corrected chi connectivity index (χ0v) is 13.5. The predicted molar refractivity (Wildman–Crippen MR) is 80.9 cm³/mol. The second-order valence-electron chi connectivity index (χ2n) is 4.37. The van der Waals surface area contributed by atoms with Crippen molar-refractivity contribution < 1.29 is 17.9 Å². The Morgan fingerprint density at radius 1 is 1.24 bits per heavy atom. The lowest BCUT2D eigenvalue weighted by atomic mass is 10.4. The Kier molecular flexibility index (Phi) is 7.58.